The number of halogens is 2. The highest BCUT2D eigenvalue weighted by molar-refractivity contribution is 6.37. The molecule has 1 aliphatic heterocycles. The number of carbonyl (C=O) groups excluding carboxylic acids is 1. The molecule has 1 unspecified atom stereocenters. The van der Waals surface area contributed by atoms with Crippen LogP contribution in [0, 0.1) is 18.3 Å². The molecule has 0 spiro atoms. The maximum atomic E-state index is 13.0. The number of ether oxygens (including phenoxy) is 4. The lowest BCUT2D eigenvalue weighted by Crippen LogP contribution is -2.21. The van der Waals surface area contributed by atoms with Crippen LogP contribution in [0.4, 0.5) is 0 Å². The minimum Gasteiger partial charge on any atom is -0.490 e. The van der Waals surface area contributed by atoms with E-state index in [1.165, 1.54) is 17.7 Å². The third-order valence-corrected chi connectivity index (χ3v) is 7.68. The van der Waals surface area contributed by atoms with Gasteiger partial charge in [0.15, 0.2) is 5.75 Å². The Labute approximate surface area is 266 Å². The van der Waals surface area contributed by atoms with Crippen molar-refractivity contribution in [2.24, 2.45) is 5.73 Å². The predicted molar refractivity (Wildman–Crippen MR) is 170 cm³/mol. The summed E-state index contributed by atoms with van der Waals surface area (Å²) in [6, 6.07) is 25.7. The van der Waals surface area contributed by atoms with Crippen molar-refractivity contribution in [3.63, 3.8) is 0 Å². The van der Waals surface area contributed by atoms with Gasteiger partial charge in [-0.05, 0) is 54.8 Å². The van der Waals surface area contributed by atoms with Crippen molar-refractivity contribution in [3.8, 4) is 29.1 Å². The Morgan fingerprint density at radius 1 is 0.955 bits per heavy atom. The van der Waals surface area contributed by atoms with Crippen molar-refractivity contribution in [2.75, 3.05) is 6.61 Å². The van der Waals surface area contributed by atoms with E-state index < -0.39 is 11.9 Å². The maximum Gasteiger partial charge on any atom is 0.343 e. The smallest absolute Gasteiger partial charge is 0.343 e. The van der Waals surface area contributed by atoms with Crippen LogP contribution in [0.5, 0.6) is 23.0 Å². The number of fused-ring (bicyclic) bond motifs is 1. The third kappa shape index (κ3) is 6.94. The summed E-state index contributed by atoms with van der Waals surface area (Å²) in [6.07, 6.45) is 1.81. The van der Waals surface area contributed by atoms with Gasteiger partial charge in [0.2, 0.25) is 5.88 Å². The Bertz CT molecular complexity index is 1720. The number of benzene rings is 4. The SMILES string of the molecule is CCCCOc1c(Cl)cc(C(=O)Oc2ccc3c(c2)OC(N)=C(C#N)C3c2ccc(OCc3ccc(C)cc3)cc2)cc1Cl. The number of hydrogen-bond acceptors (Lipinski definition) is 7. The highest BCUT2D eigenvalue weighted by atomic mass is 35.5. The minimum absolute atomic E-state index is 0.0228. The van der Waals surface area contributed by atoms with Gasteiger partial charge in [0.05, 0.1) is 28.1 Å². The van der Waals surface area contributed by atoms with Gasteiger partial charge < -0.3 is 24.7 Å². The van der Waals surface area contributed by atoms with Gasteiger partial charge in [0.25, 0.3) is 0 Å². The van der Waals surface area contributed by atoms with Crippen molar-refractivity contribution in [1.82, 2.24) is 0 Å². The Morgan fingerprint density at radius 3 is 2.30 bits per heavy atom. The summed E-state index contributed by atoms with van der Waals surface area (Å²) in [5, 5.41) is 10.4. The number of allylic oxidation sites excluding steroid dienone is 1. The zero-order chi connectivity index (χ0) is 31.2. The van der Waals surface area contributed by atoms with Crippen LogP contribution < -0.4 is 24.7 Å². The molecule has 7 nitrogen and oxygen atoms in total. The quantitative estimate of drug-likeness (QED) is 0.107. The first-order chi connectivity index (χ1) is 21.3. The molecule has 0 aliphatic carbocycles. The van der Waals surface area contributed by atoms with Crippen molar-refractivity contribution in [3.05, 3.63) is 128 Å². The van der Waals surface area contributed by atoms with Crippen LogP contribution in [0.1, 0.15) is 58.3 Å². The van der Waals surface area contributed by atoms with E-state index in [4.69, 9.17) is 47.9 Å². The molecule has 0 radical (unpaired) electrons. The second-order valence-corrected chi connectivity index (χ2v) is 11.1. The van der Waals surface area contributed by atoms with E-state index in [0.29, 0.717) is 36.0 Å². The number of nitrogens with zero attached hydrogens (tertiary/aromatic N) is 1. The van der Waals surface area contributed by atoms with E-state index in [0.717, 1.165) is 24.0 Å². The van der Waals surface area contributed by atoms with Crippen LogP contribution in [-0.2, 0) is 6.61 Å². The lowest BCUT2D eigenvalue weighted by Gasteiger charge is -2.27. The van der Waals surface area contributed by atoms with Gasteiger partial charge in [-0.1, -0.05) is 84.6 Å². The van der Waals surface area contributed by atoms with Gasteiger partial charge in [-0.2, -0.15) is 5.26 Å². The van der Waals surface area contributed by atoms with Crippen LogP contribution >= 0.6 is 23.2 Å². The van der Waals surface area contributed by atoms with Crippen molar-refractivity contribution in [2.45, 2.75) is 39.2 Å². The topological polar surface area (TPSA) is 104 Å². The Hall–Kier alpha value is -4.64. The average molecular weight is 630 g/mol. The van der Waals surface area contributed by atoms with Gasteiger partial charge in [-0.15, -0.1) is 0 Å². The van der Waals surface area contributed by atoms with E-state index >= 15 is 0 Å². The molecule has 1 atom stereocenters. The highest BCUT2D eigenvalue weighted by Crippen LogP contribution is 2.44. The standard InChI is InChI=1S/C35H30Cl2N2O5/c1-3-4-15-41-33-29(36)16-24(17-30(33)37)35(40)43-26-13-14-27-31(18-26)44-34(39)28(19-38)32(27)23-9-11-25(12-10-23)42-20-22-7-5-21(2)6-8-22/h5-14,16-18,32H,3-4,15,20,39H2,1-2H3. The predicted octanol–water partition coefficient (Wildman–Crippen LogP) is 8.50. The maximum absolute atomic E-state index is 13.0. The lowest BCUT2D eigenvalue weighted by atomic mass is 9.83. The molecule has 0 saturated carbocycles. The van der Waals surface area contributed by atoms with Gasteiger partial charge in [0.1, 0.15) is 35.5 Å². The molecule has 5 rings (SSSR count). The molecule has 0 aromatic heterocycles. The summed E-state index contributed by atoms with van der Waals surface area (Å²) in [6.45, 7) is 4.99. The number of unbranched alkanes of at least 4 members (excludes halogenated alkanes) is 1. The zero-order valence-corrected chi connectivity index (χ0v) is 25.7. The lowest BCUT2D eigenvalue weighted by molar-refractivity contribution is 0.0734. The Balaban J connectivity index is 1.33. The molecule has 9 heteroatoms. The van der Waals surface area contributed by atoms with E-state index in [1.54, 1.807) is 18.2 Å². The monoisotopic (exact) mass is 628 g/mol. The first-order valence-electron chi connectivity index (χ1n) is 14.1. The fourth-order valence-electron chi connectivity index (χ4n) is 4.75. The van der Waals surface area contributed by atoms with Gasteiger partial charge in [-0.3, -0.25) is 0 Å². The molecule has 2 N–H and O–H groups in total. The molecule has 4 aromatic carbocycles. The van der Waals surface area contributed by atoms with E-state index in [9.17, 15) is 10.1 Å². The molecule has 224 valence electrons. The summed E-state index contributed by atoms with van der Waals surface area (Å²) < 4.78 is 23.0. The summed E-state index contributed by atoms with van der Waals surface area (Å²) in [5.41, 5.74) is 10.4. The fourth-order valence-corrected chi connectivity index (χ4v) is 5.35. The van der Waals surface area contributed by atoms with Gasteiger partial charge in [0, 0.05) is 11.6 Å². The first-order valence-corrected chi connectivity index (χ1v) is 14.9. The molecular weight excluding hydrogens is 599 g/mol. The molecule has 1 aliphatic rings. The van der Waals surface area contributed by atoms with Crippen LogP contribution in [0.25, 0.3) is 0 Å². The Kier molecular flexibility index (Phi) is 9.64. The summed E-state index contributed by atoms with van der Waals surface area (Å²) in [4.78, 5) is 13.0. The van der Waals surface area contributed by atoms with E-state index in [2.05, 4.69) is 6.07 Å². The molecule has 0 bridgehead atoms. The number of rotatable bonds is 10. The molecule has 0 amide bonds. The summed E-state index contributed by atoms with van der Waals surface area (Å²) >= 11 is 12.7. The largest absolute Gasteiger partial charge is 0.490 e. The molecule has 44 heavy (non-hydrogen) atoms. The van der Waals surface area contributed by atoms with E-state index in [-0.39, 0.29) is 32.8 Å². The van der Waals surface area contributed by atoms with Crippen LogP contribution in [0.15, 0.2) is 90.3 Å². The molecule has 4 aromatic rings. The first kappa shape index (κ1) is 30.8. The number of nitrogens with two attached hydrogens (primary N) is 1. The Morgan fingerprint density at radius 2 is 1.64 bits per heavy atom. The number of hydrogen-bond donors (Lipinski definition) is 1. The third-order valence-electron chi connectivity index (χ3n) is 7.12. The second-order valence-electron chi connectivity index (χ2n) is 10.3. The van der Waals surface area contributed by atoms with Crippen molar-refractivity contribution >= 4 is 29.2 Å². The fraction of sp³-hybridized carbons (Fsp3) is 0.200. The van der Waals surface area contributed by atoms with Gasteiger partial charge in [-0.25, -0.2) is 4.79 Å². The highest BCUT2D eigenvalue weighted by Gasteiger charge is 2.31. The van der Waals surface area contributed by atoms with Crippen molar-refractivity contribution < 1.29 is 23.7 Å². The number of esters is 1. The van der Waals surface area contributed by atoms with Crippen molar-refractivity contribution in [1.29, 1.82) is 5.26 Å². The molecule has 1 heterocycles. The summed E-state index contributed by atoms with van der Waals surface area (Å²) in [7, 11) is 0. The number of carbonyl (C=O) groups is 1. The second kappa shape index (κ2) is 13.8. The minimum atomic E-state index is -0.663. The van der Waals surface area contributed by atoms with Crippen LogP contribution in [0.3, 0.4) is 0 Å². The number of aryl methyl sites for hydroxylation is 1. The molecular formula is C35H30Cl2N2O5. The van der Waals surface area contributed by atoms with Gasteiger partial charge >= 0.3 is 5.97 Å². The zero-order valence-electron chi connectivity index (χ0n) is 24.2. The summed E-state index contributed by atoms with van der Waals surface area (Å²) in [5.74, 6) is 0.433. The van der Waals surface area contributed by atoms with E-state index in [1.807, 2.05) is 62.4 Å². The normalized spacial score (nSPS) is 13.8. The molecule has 0 saturated heterocycles. The molecule has 0 fully saturated rings. The average Bonchev–Trinajstić information content (AvgIpc) is 3.01. The number of nitriles is 1. The van der Waals surface area contributed by atoms with Crippen LogP contribution in [0.2, 0.25) is 10.0 Å². The van der Waals surface area contributed by atoms with Crippen LogP contribution in [-0.4, -0.2) is 12.6 Å².